The Bertz CT molecular complexity index is 575. The number of ether oxygens (including phenoxy) is 1. The van der Waals surface area contributed by atoms with Gasteiger partial charge in [-0.1, -0.05) is 36.4 Å². The van der Waals surface area contributed by atoms with E-state index in [0.717, 1.165) is 11.1 Å². The van der Waals surface area contributed by atoms with Crippen LogP contribution in [0.5, 0.6) is 0 Å². The van der Waals surface area contributed by atoms with Crippen LogP contribution in [0.2, 0.25) is 0 Å². The lowest BCUT2D eigenvalue weighted by Crippen LogP contribution is -1.95. The molecule has 1 unspecified atom stereocenters. The van der Waals surface area contributed by atoms with E-state index in [1.807, 2.05) is 36.4 Å². The number of fused-ring (bicyclic) bond motifs is 1. The third-order valence-corrected chi connectivity index (χ3v) is 2.86. The number of carbonyl (C=O) groups excluding carboxylic acids is 1. The molecule has 1 atom stereocenters. The summed E-state index contributed by atoms with van der Waals surface area (Å²) in [6, 6.07) is 15.1. The van der Waals surface area contributed by atoms with E-state index in [4.69, 9.17) is 4.74 Å². The summed E-state index contributed by atoms with van der Waals surface area (Å²) in [7, 11) is 0. The lowest BCUT2D eigenvalue weighted by molar-refractivity contribution is -0.0547. The second-order valence-corrected chi connectivity index (χ2v) is 3.93. The Morgan fingerprint density at radius 3 is 2.53 bits per heavy atom. The Kier molecular flexibility index (Phi) is 2.20. The highest BCUT2D eigenvalue weighted by Gasteiger charge is 2.29. The first-order chi connectivity index (χ1) is 8.25. The number of hydrogen-bond donors (Lipinski definition) is 1. The predicted molar refractivity (Wildman–Crippen MR) is 62.3 cm³/mol. The van der Waals surface area contributed by atoms with Crippen molar-refractivity contribution >= 4 is 5.97 Å². The molecule has 1 heterocycles. The van der Waals surface area contributed by atoms with Crippen molar-refractivity contribution in [1.29, 1.82) is 0 Å². The van der Waals surface area contributed by atoms with Gasteiger partial charge in [0.1, 0.15) is 0 Å². The molecule has 0 fully saturated rings. The molecule has 0 spiro atoms. The Hall–Kier alpha value is -2.13. The smallest absolute Gasteiger partial charge is 0.341 e. The van der Waals surface area contributed by atoms with Gasteiger partial charge in [0.05, 0.1) is 5.56 Å². The third kappa shape index (κ3) is 1.61. The lowest BCUT2D eigenvalue weighted by atomic mass is 10.00. The number of cyclic esters (lactones) is 1. The second-order valence-electron chi connectivity index (χ2n) is 3.93. The Labute approximate surface area is 98.3 Å². The number of aliphatic hydroxyl groups excluding tert-OH is 1. The molecule has 17 heavy (non-hydrogen) atoms. The molecule has 0 amide bonds. The van der Waals surface area contributed by atoms with Crippen LogP contribution in [0.15, 0.2) is 48.5 Å². The van der Waals surface area contributed by atoms with Crippen molar-refractivity contribution in [1.82, 2.24) is 0 Å². The van der Waals surface area contributed by atoms with Gasteiger partial charge >= 0.3 is 5.97 Å². The third-order valence-electron chi connectivity index (χ3n) is 2.86. The van der Waals surface area contributed by atoms with Crippen LogP contribution in [0.4, 0.5) is 0 Å². The standard InChI is InChI=1S/C14H10O3/c15-13-11-7-6-10(8-12(11)14(16)17-13)9-4-2-1-3-5-9/h1-8,14,16H. The Morgan fingerprint density at radius 2 is 1.76 bits per heavy atom. The van der Waals surface area contributed by atoms with Gasteiger partial charge in [0.2, 0.25) is 6.29 Å². The van der Waals surface area contributed by atoms with Gasteiger partial charge in [-0.05, 0) is 23.3 Å². The van der Waals surface area contributed by atoms with Crippen molar-refractivity contribution < 1.29 is 14.6 Å². The van der Waals surface area contributed by atoms with E-state index in [0.29, 0.717) is 11.1 Å². The van der Waals surface area contributed by atoms with Crippen molar-refractivity contribution in [3.05, 3.63) is 59.7 Å². The molecule has 3 rings (SSSR count). The number of benzene rings is 2. The highest BCUT2D eigenvalue weighted by Crippen LogP contribution is 2.32. The average Bonchev–Trinajstić information content (AvgIpc) is 2.66. The molecule has 2 aromatic carbocycles. The summed E-state index contributed by atoms with van der Waals surface area (Å²) < 4.78 is 4.74. The summed E-state index contributed by atoms with van der Waals surface area (Å²) in [5.41, 5.74) is 2.98. The first-order valence-corrected chi connectivity index (χ1v) is 5.34. The van der Waals surface area contributed by atoms with Gasteiger partial charge in [0, 0.05) is 5.56 Å². The van der Waals surface area contributed by atoms with Crippen molar-refractivity contribution in [2.75, 3.05) is 0 Å². The predicted octanol–water partition coefficient (Wildman–Crippen LogP) is 2.51. The maximum atomic E-state index is 11.3. The highest BCUT2D eigenvalue weighted by molar-refractivity contribution is 5.94. The van der Waals surface area contributed by atoms with Gasteiger partial charge in [0.15, 0.2) is 0 Å². The van der Waals surface area contributed by atoms with Crippen molar-refractivity contribution in [2.45, 2.75) is 6.29 Å². The minimum absolute atomic E-state index is 0.442. The van der Waals surface area contributed by atoms with Crippen LogP contribution in [-0.2, 0) is 4.74 Å². The normalized spacial score (nSPS) is 17.7. The summed E-state index contributed by atoms with van der Waals surface area (Å²) >= 11 is 0. The minimum Gasteiger partial charge on any atom is -0.428 e. The van der Waals surface area contributed by atoms with Gasteiger partial charge in [-0.2, -0.15) is 0 Å². The van der Waals surface area contributed by atoms with Gasteiger partial charge in [-0.25, -0.2) is 4.79 Å². The number of esters is 1. The maximum Gasteiger partial charge on any atom is 0.341 e. The van der Waals surface area contributed by atoms with Gasteiger partial charge in [0.25, 0.3) is 0 Å². The number of rotatable bonds is 1. The van der Waals surface area contributed by atoms with Gasteiger partial charge in [-0.3, -0.25) is 0 Å². The monoisotopic (exact) mass is 226 g/mol. The maximum absolute atomic E-state index is 11.3. The average molecular weight is 226 g/mol. The summed E-state index contributed by atoms with van der Waals surface area (Å²) in [6.07, 6.45) is -1.14. The first-order valence-electron chi connectivity index (χ1n) is 5.34. The minimum atomic E-state index is -1.14. The molecule has 1 aliphatic heterocycles. The molecule has 3 heteroatoms. The van der Waals surface area contributed by atoms with E-state index < -0.39 is 12.3 Å². The van der Waals surface area contributed by atoms with E-state index in [2.05, 4.69) is 0 Å². The SMILES string of the molecule is O=C1OC(O)c2cc(-c3ccccc3)ccc21. The summed E-state index contributed by atoms with van der Waals surface area (Å²) in [6.45, 7) is 0. The second kappa shape index (κ2) is 3.71. The summed E-state index contributed by atoms with van der Waals surface area (Å²) in [5.74, 6) is -0.466. The van der Waals surface area contributed by atoms with E-state index in [1.54, 1.807) is 12.1 Å². The van der Waals surface area contributed by atoms with Crippen molar-refractivity contribution in [3.63, 3.8) is 0 Å². The van der Waals surface area contributed by atoms with Crippen molar-refractivity contribution in [2.24, 2.45) is 0 Å². The van der Waals surface area contributed by atoms with E-state index >= 15 is 0 Å². The lowest BCUT2D eigenvalue weighted by Gasteiger charge is -2.05. The van der Waals surface area contributed by atoms with Crippen LogP contribution in [-0.4, -0.2) is 11.1 Å². The zero-order valence-electron chi connectivity index (χ0n) is 8.96. The molecule has 0 saturated heterocycles. The van der Waals surface area contributed by atoms with E-state index in [1.165, 1.54) is 0 Å². The molecule has 0 aliphatic carbocycles. The fourth-order valence-corrected chi connectivity index (χ4v) is 1.99. The Balaban J connectivity index is 2.11. The molecule has 3 nitrogen and oxygen atoms in total. The molecule has 0 saturated carbocycles. The number of carbonyl (C=O) groups is 1. The van der Waals surface area contributed by atoms with Gasteiger partial charge < -0.3 is 9.84 Å². The summed E-state index contributed by atoms with van der Waals surface area (Å²) in [4.78, 5) is 11.3. The molecule has 0 aromatic heterocycles. The van der Waals surface area contributed by atoms with E-state index in [9.17, 15) is 9.90 Å². The zero-order chi connectivity index (χ0) is 11.8. The fraction of sp³-hybridized carbons (Fsp3) is 0.0714. The van der Waals surface area contributed by atoms with Crippen molar-refractivity contribution in [3.8, 4) is 11.1 Å². The quantitative estimate of drug-likeness (QED) is 0.760. The molecule has 0 bridgehead atoms. The molecule has 2 aromatic rings. The van der Waals surface area contributed by atoms with Crippen LogP contribution in [0.1, 0.15) is 22.2 Å². The van der Waals surface area contributed by atoms with Crippen LogP contribution in [0.25, 0.3) is 11.1 Å². The fourth-order valence-electron chi connectivity index (χ4n) is 1.99. The largest absolute Gasteiger partial charge is 0.428 e. The van der Waals surface area contributed by atoms with Crippen LogP contribution < -0.4 is 0 Å². The number of aliphatic hydroxyl groups is 1. The molecular weight excluding hydrogens is 216 g/mol. The molecule has 84 valence electrons. The molecule has 1 N–H and O–H groups in total. The zero-order valence-corrected chi connectivity index (χ0v) is 8.96. The summed E-state index contributed by atoms with van der Waals surface area (Å²) in [5, 5.41) is 9.58. The molecule has 1 aliphatic rings. The van der Waals surface area contributed by atoms with Crippen LogP contribution in [0.3, 0.4) is 0 Å². The highest BCUT2D eigenvalue weighted by atomic mass is 16.6. The first kappa shape index (κ1) is 10.1. The van der Waals surface area contributed by atoms with Crippen LogP contribution >= 0.6 is 0 Å². The number of hydrogen-bond acceptors (Lipinski definition) is 3. The van der Waals surface area contributed by atoms with E-state index in [-0.39, 0.29) is 0 Å². The van der Waals surface area contributed by atoms with Gasteiger partial charge in [-0.15, -0.1) is 0 Å². The molecular formula is C14H10O3. The Morgan fingerprint density at radius 1 is 1.00 bits per heavy atom. The molecule has 0 radical (unpaired) electrons. The topological polar surface area (TPSA) is 46.5 Å². The van der Waals surface area contributed by atoms with Crippen LogP contribution in [0, 0.1) is 0 Å².